The van der Waals surface area contributed by atoms with Crippen LogP contribution >= 0.6 is 0 Å². The van der Waals surface area contributed by atoms with Gasteiger partial charge in [0.25, 0.3) is 0 Å². The van der Waals surface area contributed by atoms with Crippen LogP contribution in [0.5, 0.6) is 0 Å². The number of hydrogen-bond donors (Lipinski definition) is 4. The van der Waals surface area contributed by atoms with E-state index in [1.54, 1.807) is 0 Å². The number of nitrogens with one attached hydrogen (secondary N) is 2. The van der Waals surface area contributed by atoms with Crippen molar-refractivity contribution in [1.82, 2.24) is 15.5 Å². The molecular weight excluding hydrogens is 278 g/mol. The number of amides is 2. The molecule has 0 radical (unpaired) electrons. The molecule has 4 N–H and O–H groups in total. The van der Waals surface area contributed by atoms with Crippen molar-refractivity contribution < 1.29 is 24.6 Å². The standard InChI is InChI=1S/C13H25N3O5/c1-4-9(2)16(3)8-7-14-13(21)15-10(12(19)20)5-6-11(17)18/h9-10H,4-8H2,1-3H3,(H,17,18)(H,19,20)(H2,14,15,21)/t9?,10-/m0/s1. The number of likely N-dealkylation sites (N-methyl/N-ethyl adjacent to an activating group) is 1. The van der Waals surface area contributed by atoms with Gasteiger partial charge < -0.3 is 25.7 Å². The lowest BCUT2D eigenvalue weighted by atomic mass is 10.1. The van der Waals surface area contributed by atoms with E-state index >= 15 is 0 Å². The highest BCUT2D eigenvalue weighted by molar-refractivity contribution is 5.82. The molecule has 0 bridgehead atoms. The molecule has 0 aromatic carbocycles. The van der Waals surface area contributed by atoms with Crippen molar-refractivity contribution in [3.05, 3.63) is 0 Å². The van der Waals surface area contributed by atoms with Crippen LogP contribution in [0.4, 0.5) is 4.79 Å². The van der Waals surface area contributed by atoms with Crippen molar-refractivity contribution in [2.45, 2.75) is 45.2 Å². The Kier molecular flexibility index (Phi) is 9.11. The first-order chi connectivity index (χ1) is 9.77. The number of carboxylic acid groups (broad SMARTS) is 2. The Morgan fingerprint density at radius 1 is 1.24 bits per heavy atom. The van der Waals surface area contributed by atoms with Gasteiger partial charge in [-0.05, 0) is 26.8 Å². The maximum Gasteiger partial charge on any atom is 0.326 e. The SMILES string of the molecule is CCC(C)N(C)CCNC(=O)N[C@@H](CCC(=O)O)C(=O)O. The number of carbonyl (C=O) groups excluding carboxylic acids is 1. The van der Waals surface area contributed by atoms with Crippen LogP contribution in [-0.2, 0) is 9.59 Å². The number of urea groups is 1. The van der Waals surface area contributed by atoms with Crippen LogP contribution in [0, 0.1) is 0 Å². The smallest absolute Gasteiger partial charge is 0.326 e. The first-order valence-electron chi connectivity index (χ1n) is 6.97. The molecule has 0 saturated heterocycles. The Balaban J connectivity index is 4.09. The van der Waals surface area contributed by atoms with Crippen molar-refractivity contribution >= 4 is 18.0 Å². The van der Waals surface area contributed by atoms with Gasteiger partial charge in [-0.2, -0.15) is 0 Å². The van der Waals surface area contributed by atoms with Crippen LogP contribution in [0.3, 0.4) is 0 Å². The van der Waals surface area contributed by atoms with E-state index in [1.807, 2.05) is 7.05 Å². The van der Waals surface area contributed by atoms with Crippen molar-refractivity contribution in [1.29, 1.82) is 0 Å². The third-order valence-corrected chi connectivity index (χ3v) is 3.34. The molecule has 0 saturated carbocycles. The van der Waals surface area contributed by atoms with Crippen LogP contribution < -0.4 is 10.6 Å². The van der Waals surface area contributed by atoms with Gasteiger partial charge in [-0.1, -0.05) is 6.92 Å². The number of carboxylic acids is 2. The monoisotopic (exact) mass is 303 g/mol. The summed E-state index contributed by atoms with van der Waals surface area (Å²) in [4.78, 5) is 35.0. The Morgan fingerprint density at radius 2 is 1.86 bits per heavy atom. The van der Waals surface area contributed by atoms with E-state index < -0.39 is 24.0 Å². The van der Waals surface area contributed by atoms with Gasteiger partial charge in [0, 0.05) is 25.6 Å². The van der Waals surface area contributed by atoms with Gasteiger partial charge in [-0.3, -0.25) is 4.79 Å². The minimum atomic E-state index is -1.25. The first kappa shape index (κ1) is 19.2. The van der Waals surface area contributed by atoms with Gasteiger partial charge in [-0.15, -0.1) is 0 Å². The predicted octanol–water partition coefficient (Wildman–Crippen LogP) is 0.334. The summed E-state index contributed by atoms with van der Waals surface area (Å²) in [6.07, 6.45) is 0.540. The second-order valence-corrected chi connectivity index (χ2v) is 4.96. The zero-order valence-electron chi connectivity index (χ0n) is 12.8. The second kappa shape index (κ2) is 9.98. The molecule has 2 amide bonds. The molecule has 0 aromatic rings. The van der Waals surface area contributed by atoms with E-state index in [4.69, 9.17) is 10.2 Å². The van der Waals surface area contributed by atoms with Crippen LogP contribution in [-0.4, -0.2) is 65.3 Å². The number of nitrogens with zero attached hydrogens (tertiary/aromatic N) is 1. The number of rotatable bonds is 10. The molecule has 0 spiro atoms. The van der Waals surface area contributed by atoms with Crippen molar-refractivity contribution in [2.75, 3.05) is 20.1 Å². The topological polar surface area (TPSA) is 119 Å². The number of hydrogen-bond acceptors (Lipinski definition) is 4. The molecule has 1 unspecified atom stereocenters. The Hall–Kier alpha value is -1.83. The summed E-state index contributed by atoms with van der Waals surface area (Å²) in [5, 5.41) is 22.3. The van der Waals surface area contributed by atoms with E-state index in [-0.39, 0.29) is 12.8 Å². The Labute approximate surface area is 124 Å². The quantitative estimate of drug-likeness (QED) is 0.462. The van der Waals surface area contributed by atoms with Crippen molar-refractivity contribution in [3.8, 4) is 0 Å². The number of aliphatic carboxylic acids is 2. The first-order valence-corrected chi connectivity index (χ1v) is 6.97. The fourth-order valence-electron chi connectivity index (χ4n) is 1.61. The minimum absolute atomic E-state index is 0.148. The van der Waals surface area contributed by atoms with E-state index in [9.17, 15) is 14.4 Å². The molecular formula is C13H25N3O5. The van der Waals surface area contributed by atoms with Crippen LogP contribution in [0.25, 0.3) is 0 Å². The summed E-state index contributed by atoms with van der Waals surface area (Å²) in [5.41, 5.74) is 0. The molecule has 0 aliphatic rings. The lowest BCUT2D eigenvalue weighted by Gasteiger charge is -2.23. The summed E-state index contributed by atoms with van der Waals surface area (Å²) in [6.45, 7) is 5.18. The summed E-state index contributed by atoms with van der Waals surface area (Å²) in [7, 11) is 1.95. The molecule has 0 aromatic heterocycles. The van der Waals surface area contributed by atoms with Crippen LogP contribution in [0.15, 0.2) is 0 Å². The average Bonchev–Trinajstić information content (AvgIpc) is 2.41. The number of carbonyl (C=O) groups is 3. The van der Waals surface area contributed by atoms with Gasteiger partial charge in [-0.25, -0.2) is 9.59 Å². The molecule has 21 heavy (non-hydrogen) atoms. The molecule has 0 rings (SSSR count). The second-order valence-electron chi connectivity index (χ2n) is 4.96. The van der Waals surface area contributed by atoms with Gasteiger partial charge in [0.15, 0.2) is 0 Å². The predicted molar refractivity (Wildman–Crippen MR) is 77.2 cm³/mol. The third kappa shape index (κ3) is 8.85. The average molecular weight is 303 g/mol. The van der Waals surface area contributed by atoms with Gasteiger partial charge in [0.1, 0.15) is 6.04 Å². The van der Waals surface area contributed by atoms with E-state index in [2.05, 4.69) is 29.4 Å². The minimum Gasteiger partial charge on any atom is -0.481 e. The largest absolute Gasteiger partial charge is 0.481 e. The van der Waals surface area contributed by atoms with E-state index in [0.717, 1.165) is 6.42 Å². The molecule has 8 nitrogen and oxygen atoms in total. The van der Waals surface area contributed by atoms with Crippen molar-refractivity contribution in [3.63, 3.8) is 0 Å². The highest BCUT2D eigenvalue weighted by atomic mass is 16.4. The highest BCUT2D eigenvalue weighted by Crippen LogP contribution is 1.99. The normalized spacial score (nSPS) is 13.5. The fraction of sp³-hybridized carbons (Fsp3) is 0.769. The molecule has 0 aliphatic carbocycles. The molecule has 2 atom stereocenters. The lowest BCUT2D eigenvalue weighted by molar-refractivity contribution is -0.140. The zero-order valence-corrected chi connectivity index (χ0v) is 12.8. The van der Waals surface area contributed by atoms with Gasteiger partial charge in [0.2, 0.25) is 0 Å². The Bertz CT molecular complexity index is 362. The molecule has 0 fully saturated rings. The lowest BCUT2D eigenvalue weighted by Crippen LogP contribution is -2.48. The van der Waals surface area contributed by atoms with E-state index in [0.29, 0.717) is 19.1 Å². The highest BCUT2D eigenvalue weighted by Gasteiger charge is 2.20. The Morgan fingerprint density at radius 3 is 2.33 bits per heavy atom. The van der Waals surface area contributed by atoms with Crippen molar-refractivity contribution in [2.24, 2.45) is 0 Å². The van der Waals surface area contributed by atoms with Crippen LogP contribution in [0.1, 0.15) is 33.1 Å². The molecule has 0 aliphatic heterocycles. The third-order valence-electron chi connectivity index (χ3n) is 3.34. The van der Waals surface area contributed by atoms with E-state index in [1.165, 1.54) is 0 Å². The summed E-state index contributed by atoms with van der Waals surface area (Å²) < 4.78 is 0. The molecule has 8 heteroatoms. The van der Waals surface area contributed by atoms with Gasteiger partial charge in [0.05, 0.1) is 0 Å². The molecule has 0 heterocycles. The maximum absolute atomic E-state index is 11.6. The summed E-state index contributed by atoms with van der Waals surface area (Å²) in [5.74, 6) is -2.35. The fourth-order valence-corrected chi connectivity index (χ4v) is 1.61. The summed E-state index contributed by atoms with van der Waals surface area (Å²) >= 11 is 0. The molecule has 122 valence electrons. The maximum atomic E-state index is 11.6. The van der Waals surface area contributed by atoms with Gasteiger partial charge >= 0.3 is 18.0 Å². The van der Waals surface area contributed by atoms with Crippen LogP contribution in [0.2, 0.25) is 0 Å². The summed E-state index contributed by atoms with van der Waals surface area (Å²) in [6, 6.07) is -1.41. The zero-order chi connectivity index (χ0) is 16.4.